The van der Waals surface area contributed by atoms with Crippen molar-refractivity contribution in [3.8, 4) is 5.75 Å². The molecule has 3 N–H and O–H groups in total. The van der Waals surface area contributed by atoms with Crippen LogP contribution in [0.25, 0.3) is 0 Å². The molecule has 10 nitrogen and oxygen atoms in total. The first-order valence-corrected chi connectivity index (χ1v) is 10.6. The zero-order chi connectivity index (χ0) is 23.7. The second kappa shape index (κ2) is 8.63. The number of nitrogens with one attached hydrogen (secondary N) is 1. The minimum absolute atomic E-state index is 0.00432. The van der Waals surface area contributed by atoms with Gasteiger partial charge < -0.3 is 9.64 Å². The molecule has 1 saturated heterocycles. The van der Waals surface area contributed by atoms with Crippen molar-refractivity contribution in [2.24, 2.45) is 5.14 Å². The van der Waals surface area contributed by atoms with Crippen molar-refractivity contribution in [1.29, 1.82) is 0 Å². The van der Waals surface area contributed by atoms with Gasteiger partial charge in [0.15, 0.2) is 0 Å². The standard InChI is InChI=1S/C18H18F3N5O5S/c1-11-16(27)26(13-2-4-14(5-3-13)31-18(19,20)21)17(28)25(11)9-7-12-6-8-23-15(10-12)24-32(22,29)30/h2-6,8,10-11H,7,9H2,1H3,(H,23,24)(H2,22,29,30). The van der Waals surface area contributed by atoms with Crippen LogP contribution in [0.2, 0.25) is 0 Å². The van der Waals surface area contributed by atoms with Gasteiger partial charge in [-0.1, -0.05) is 0 Å². The number of aromatic nitrogens is 1. The Kier molecular flexibility index (Phi) is 6.27. The Bertz CT molecular complexity index is 1120. The van der Waals surface area contributed by atoms with E-state index in [9.17, 15) is 31.2 Å². The molecule has 0 spiro atoms. The molecule has 0 bridgehead atoms. The molecule has 1 aromatic heterocycles. The van der Waals surface area contributed by atoms with Gasteiger partial charge in [0.2, 0.25) is 0 Å². The number of nitrogens with zero attached hydrogens (tertiary/aromatic N) is 3. The number of hydrogen-bond acceptors (Lipinski definition) is 6. The Labute approximate surface area is 180 Å². The van der Waals surface area contributed by atoms with E-state index in [1.54, 1.807) is 6.07 Å². The Morgan fingerprint density at radius 3 is 2.44 bits per heavy atom. The van der Waals surface area contributed by atoms with Crippen LogP contribution in [0.5, 0.6) is 5.75 Å². The number of amides is 3. The molecule has 1 fully saturated rings. The number of ether oxygens (including phenoxy) is 1. The lowest BCUT2D eigenvalue weighted by Crippen LogP contribution is -2.35. The number of hydrogen-bond donors (Lipinski definition) is 2. The molecular formula is C18H18F3N5O5S. The fraction of sp³-hybridized carbons (Fsp3) is 0.278. The molecular weight excluding hydrogens is 455 g/mol. The largest absolute Gasteiger partial charge is 0.573 e. The lowest BCUT2D eigenvalue weighted by atomic mass is 10.2. The van der Waals surface area contributed by atoms with Crippen molar-refractivity contribution >= 4 is 33.7 Å². The van der Waals surface area contributed by atoms with Crippen LogP contribution in [0.3, 0.4) is 0 Å². The highest BCUT2D eigenvalue weighted by atomic mass is 32.2. The zero-order valence-electron chi connectivity index (χ0n) is 16.5. The fourth-order valence-electron chi connectivity index (χ4n) is 3.11. The topological polar surface area (TPSA) is 135 Å². The molecule has 1 aliphatic rings. The van der Waals surface area contributed by atoms with E-state index in [-0.39, 0.29) is 24.5 Å². The minimum atomic E-state index is -4.86. The monoisotopic (exact) mass is 473 g/mol. The van der Waals surface area contributed by atoms with Crippen LogP contribution in [0, 0.1) is 0 Å². The molecule has 1 unspecified atom stereocenters. The number of urea groups is 1. The normalized spacial score (nSPS) is 17.1. The number of benzene rings is 1. The molecule has 3 amide bonds. The first-order chi connectivity index (χ1) is 14.8. The molecule has 32 heavy (non-hydrogen) atoms. The molecule has 1 atom stereocenters. The molecule has 0 aliphatic carbocycles. The van der Waals surface area contributed by atoms with E-state index >= 15 is 0 Å². The average Bonchev–Trinajstić information content (AvgIpc) is 2.87. The molecule has 14 heteroatoms. The van der Waals surface area contributed by atoms with Gasteiger partial charge in [-0.2, -0.15) is 8.42 Å². The second-order valence-electron chi connectivity index (χ2n) is 6.81. The zero-order valence-corrected chi connectivity index (χ0v) is 17.4. The fourth-order valence-corrected chi connectivity index (χ4v) is 3.52. The number of alkyl halides is 3. The van der Waals surface area contributed by atoms with Crippen LogP contribution in [0.4, 0.5) is 29.5 Å². The van der Waals surface area contributed by atoms with Crippen molar-refractivity contribution in [2.45, 2.75) is 25.7 Å². The van der Waals surface area contributed by atoms with E-state index in [0.29, 0.717) is 5.56 Å². The summed E-state index contributed by atoms with van der Waals surface area (Å²) in [6, 6.07) is 5.98. The van der Waals surface area contributed by atoms with Gasteiger partial charge in [-0.05, 0) is 55.3 Å². The summed E-state index contributed by atoms with van der Waals surface area (Å²) in [7, 11) is -4.00. The van der Waals surface area contributed by atoms with Gasteiger partial charge in [0.25, 0.3) is 16.1 Å². The van der Waals surface area contributed by atoms with Crippen LogP contribution in [0.15, 0.2) is 42.6 Å². The molecule has 172 valence electrons. The van der Waals surface area contributed by atoms with Crippen LogP contribution in [-0.4, -0.2) is 49.2 Å². The van der Waals surface area contributed by atoms with Gasteiger partial charge in [-0.25, -0.2) is 19.8 Å². The molecule has 2 aromatic rings. The molecule has 0 saturated carbocycles. The summed E-state index contributed by atoms with van der Waals surface area (Å²) < 4.78 is 65.0. The second-order valence-corrected chi connectivity index (χ2v) is 8.11. The van der Waals surface area contributed by atoms with E-state index < -0.39 is 40.3 Å². The highest BCUT2D eigenvalue weighted by Crippen LogP contribution is 2.29. The molecule has 2 heterocycles. The van der Waals surface area contributed by atoms with Crippen molar-refractivity contribution in [2.75, 3.05) is 16.2 Å². The number of nitrogens with two attached hydrogens (primary N) is 1. The average molecular weight is 473 g/mol. The predicted octanol–water partition coefficient (Wildman–Crippen LogP) is 2.00. The van der Waals surface area contributed by atoms with Crippen LogP contribution >= 0.6 is 0 Å². The van der Waals surface area contributed by atoms with Crippen LogP contribution in [0.1, 0.15) is 12.5 Å². The molecule has 3 rings (SSSR count). The highest BCUT2D eigenvalue weighted by Gasteiger charge is 2.43. The summed E-state index contributed by atoms with van der Waals surface area (Å²) in [5.41, 5.74) is 0.734. The Morgan fingerprint density at radius 2 is 1.84 bits per heavy atom. The first kappa shape index (κ1) is 23.3. The summed E-state index contributed by atoms with van der Waals surface area (Å²) in [5, 5.41) is 4.91. The summed E-state index contributed by atoms with van der Waals surface area (Å²) in [5.74, 6) is -1.01. The summed E-state index contributed by atoms with van der Waals surface area (Å²) >= 11 is 0. The lowest BCUT2D eigenvalue weighted by molar-refractivity contribution is -0.274. The third-order valence-electron chi connectivity index (χ3n) is 4.52. The van der Waals surface area contributed by atoms with Gasteiger partial charge in [-0.3, -0.25) is 9.52 Å². The van der Waals surface area contributed by atoms with Gasteiger partial charge >= 0.3 is 12.4 Å². The minimum Gasteiger partial charge on any atom is -0.406 e. The van der Waals surface area contributed by atoms with Gasteiger partial charge in [0, 0.05) is 12.7 Å². The quantitative estimate of drug-likeness (QED) is 0.591. The van der Waals surface area contributed by atoms with Crippen molar-refractivity contribution < 1.29 is 35.9 Å². The maximum Gasteiger partial charge on any atom is 0.573 e. The van der Waals surface area contributed by atoms with Crippen molar-refractivity contribution in [1.82, 2.24) is 9.88 Å². The van der Waals surface area contributed by atoms with Gasteiger partial charge in [0.1, 0.15) is 17.6 Å². The Morgan fingerprint density at radius 1 is 1.19 bits per heavy atom. The molecule has 0 radical (unpaired) electrons. The molecule has 1 aliphatic heterocycles. The van der Waals surface area contributed by atoms with E-state index in [4.69, 9.17) is 5.14 Å². The SMILES string of the molecule is CC1C(=O)N(c2ccc(OC(F)(F)F)cc2)C(=O)N1CCc1ccnc(NS(N)(=O)=O)c1. The third kappa shape index (κ3) is 5.64. The highest BCUT2D eigenvalue weighted by molar-refractivity contribution is 7.90. The third-order valence-corrected chi connectivity index (χ3v) is 5.02. The maximum absolute atomic E-state index is 12.8. The number of imide groups is 1. The Balaban J connectivity index is 1.70. The van der Waals surface area contributed by atoms with Gasteiger partial charge in [-0.15, -0.1) is 13.2 Å². The van der Waals surface area contributed by atoms with Crippen molar-refractivity contribution in [3.05, 3.63) is 48.2 Å². The number of carbonyl (C=O) groups is 2. The number of halogens is 3. The first-order valence-electron chi connectivity index (χ1n) is 9.10. The van der Waals surface area contributed by atoms with E-state index in [1.807, 2.05) is 4.72 Å². The molecule has 1 aromatic carbocycles. The van der Waals surface area contributed by atoms with E-state index in [1.165, 1.54) is 36.2 Å². The summed E-state index contributed by atoms with van der Waals surface area (Å²) in [4.78, 5) is 31.4. The summed E-state index contributed by atoms with van der Waals surface area (Å²) in [6.07, 6.45) is -3.22. The van der Waals surface area contributed by atoms with Crippen molar-refractivity contribution in [3.63, 3.8) is 0 Å². The van der Waals surface area contributed by atoms with E-state index in [2.05, 4.69) is 9.72 Å². The van der Waals surface area contributed by atoms with E-state index in [0.717, 1.165) is 17.0 Å². The predicted molar refractivity (Wildman–Crippen MR) is 107 cm³/mol. The number of pyridine rings is 1. The van der Waals surface area contributed by atoms with Gasteiger partial charge in [0.05, 0.1) is 5.69 Å². The number of carbonyl (C=O) groups excluding carboxylic acids is 2. The van der Waals surface area contributed by atoms with Crippen LogP contribution < -0.4 is 19.5 Å². The number of rotatable bonds is 7. The lowest BCUT2D eigenvalue weighted by Gasteiger charge is -2.19. The summed E-state index contributed by atoms with van der Waals surface area (Å²) in [6.45, 7) is 1.65. The van der Waals surface area contributed by atoms with Crippen LogP contribution in [-0.2, 0) is 21.4 Å². The maximum atomic E-state index is 12.8. The smallest absolute Gasteiger partial charge is 0.406 e. The Hall–Kier alpha value is -3.39. The number of anilines is 2.